The Labute approximate surface area is 87.8 Å². The van der Waals surface area contributed by atoms with Gasteiger partial charge in [0.2, 0.25) is 0 Å². The molecule has 0 atom stereocenters. The number of aromatic nitrogens is 2. The van der Waals surface area contributed by atoms with Gasteiger partial charge in [-0.1, -0.05) is 24.3 Å². The number of hydrogen-bond donors (Lipinski definition) is 0. The molecule has 3 heteroatoms. The topological polar surface area (TPSA) is 28.2 Å². The molecule has 2 nitrogen and oxygen atoms in total. The fourth-order valence-corrected chi connectivity index (χ4v) is 0.497. The second kappa shape index (κ2) is 11.1. The van der Waals surface area contributed by atoms with E-state index >= 15 is 0 Å². The first kappa shape index (κ1) is 12.1. The molecule has 0 unspecified atom stereocenters. The van der Waals surface area contributed by atoms with E-state index in [0.717, 1.165) is 0 Å². The van der Waals surface area contributed by atoms with Gasteiger partial charge >= 0.3 is 28.5 Å². The second-order valence-corrected chi connectivity index (χ2v) is 2.89. The Morgan fingerprint density at radius 2 is 1.08 bits per heavy atom. The molecule has 0 amide bonds. The van der Waals surface area contributed by atoms with Crippen LogP contribution in [0.1, 0.15) is 6.92 Å². The van der Waals surface area contributed by atoms with E-state index in [2.05, 4.69) is 33.2 Å². The molecule has 13 heavy (non-hydrogen) atoms. The van der Waals surface area contributed by atoms with Crippen LogP contribution in [0.15, 0.2) is 49.1 Å². The normalized spacial score (nSPS) is 7.62. The maximum atomic E-state index is 3.72. The molecule has 0 spiro atoms. The summed E-state index contributed by atoms with van der Waals surface area (Å²) >= 11 is 2.58. The third kappa shape index (κ3) is 11.1. The van der Waals surface area contributed by atoms with E-state index in [1.165, 1.54) is 5.28 Å². The van der Waals surface area contributed by atoms with Crippen LogP contribution in [0.3, 0.4) is 0 Å². The molecule has 0 aromatic carbocycles. The first-order valence-electron chi connectivity index (χ1n) is 4.15. The summed E-state index contributed by atoms with van der Waals surface area (Å²) in [4.78, 5) is 7.44. The van der Waals surface area contributed by atoms with Crippen LogP contribution in [0.5, 0.6) is 0 Å². The standard InChI is InChI=1S/2C4H4N.C2H5.Al/c2*1-2-4-5-3-1;1-2;/h2*1-4H;1H2,2H3;/q2*-1;;+2. The molecule has 0 aliphatic carbocycles. The zero-order valence-electron chi connectivity index (χ0n) is 7.80. The summed E-state index contributed by atoms with van der Waals surface area (Å²) in [5, 5.41) is 1.17. The summed E-state index contributed by atoms with van der Waals surface area (Å²) in [7, 11) is 0. The largest absolute Gasteiger partial charge is 0.670 e. The maximum absolute atomic E-state index is 3.72. The Balaban J connectivity index is 0.000000174. The second-order valence-electron chi connectivity index (χ2n) is 2.07. The van der Waals surface area contributed by atoms with Gasteiger partial charge in [-0.3, -0.25) is 0 Å². The minimum absolute atomic E-state index is 1.17. The quantitative estimate of drug-likeness (QED) is 0.590. The molecule has 2 heterocycles. The molecule has 2 aromatic heterocycles. The maximum Gasteiger partial charge on any atom is -0.0860 e. The van der Waals surface area contributed by atoms with Crippen LogP contribution in [0.25, 0.3) is 0 Å². The number of nitrogens with zero attached hydrogens (tertiary/aromatic N) is 2. The average Bonchev–Trinajstić information content (AvgIpc) is 2.85. The molecule has 66 valence electrons. The Kier molecular flexibility index (Phi) is 10.3. The van der Waals surface area contributed by atoms with Crippen molar-refractivity contribution in [3.63, 3.8) is 0 Å². The minimum Gasteiger partial charge on any atom is -0.670 e. The SMILES string of the molecule is C[CH2][Al+2].c1cc[n-]c1.c1cc[n-]c1. The van der Waals surface area contributed by atoms with E-state index < -0.39 is 0 Å². The van der Waals surface area contributed by atoms with Crippen molar-refractivity contribution in [1.29, 1.82) is 0 Å². The molecule has 0 fully saturated rings. The Hall–Kier alpha value is -0.908. The molecule has 0 N–H and O–H groups in total. The molecular weight excluding hydrogens is 175 g/mol. The molecular formula is C10H13AlN2. The van der Waals surface area contributed by atoms with Crippen LogP contribution in [0.4, 0.5) is 0 Å². The van der Waals surface area contributed by atoms with Gasteiger partial charge in [0.1, 0.15) is 0 Å². The third-order valence-corrected chi connectivity index (χ3v) is 0.911. The first-order valence-corrected chi connectivity index (χ1v) is 4.96. The van der Waals surface area contributed by atoms with Crippen molar-refractivity contribution in [2.24, 2.45) is 0 Å². The molecule has 0 aliphatic heterocycles. The first-order chi connectivity index (χ1) is 6.41. The molecule has 0 saturated heterocycles. The van der Waals surface area contributed by atoms with Crippen molar-refractivity contribution in [3.8, 4) is 0 Å². The van der Waals surface area contributed by atoms with E-state index in [1.54, 1.807) is 24.8 Å². The zero-order chi connectivity index (χ0) is 9.78. The minimum atomic E-state index is 1.17. The van der Waals surface area contributed by atoms with Gasteiger partial charge < -0.3 is 9.97 Å². The Morgan fingerprint density at radius 1 is 0.846 bits per heavy atom. The van der Waals surface area contributed by atoms with Crippen LogP contribution in [0.2, 0.25) is 5.28 Å². The van der Waals surface area contributed by atoms with E-state index in [-0.39, 0.29) is 0 Å². The third-order valence-electron chi connectivity index (χ3n) is 0.911. The van der Waals surface area contributed by atoms with Gasteiger partial charge in [0.25, 0.3) is 0 Å². The summed E-state index contributed by atoms with van der Waals surface area (Å²) in [6.45, 7) is 2.09. The monoisotopic (exact) mass is 188 g/mol. The van der Waals surface area contributed by atoms with Gasteiger partial charge in [0, 0.05) is 0 Å². The molecule has 2 aromatic rings. The van der Waals surface area contributed by atoms with Crippen LogP contribution in [0, 0.1) is 0 Å². The number of hydrogen-bond acceptors (Lipinski definition) is 0. The van der Waals surface area contributed by atoms with Gasteiger partial charge in [-0.15, -0.1) is 0 Å². The summed E-state index contributed by atoms with van der Waals surface area (Å²) in [6.07, 6.45) is 7.00. The van der Waals surface area contributed by atoms with Crippen molar-refractivity contribution in [2.75, 3.05) is 0 Å². The zero-order valence-corrected chi connectivity index (χ0v) is 8.95. The van der Waals surface area contributed by atoms with Gasteiger partial charge in [0.15, 0.2) is 0 Å². The predicted molar refractivity (Wildman–Crippen MR) is 55.8 cm³/mol. The van der Waals surface area contributed by atoms with Crippen molar-refractivity contribution in [1.82, 2.24) is 9.97 Å². The van der Waals surface area contributed by atoms with Gasteiger partial charge in [0.05, 0.1) is 0 Å². The summed E-state index contributed by atoms with van der Waals surface area (Å²) in [5.74, 6) is 0. The van der Waals surface area contributed by atoms with Gasteiger partial charge in [-0.25, -0.2) is 0 Å². The van der Waals surface area contributed by atoms with Gasteiger partial charge in [-0.2, -0.15) is 24.8 Å². The van der Waals surface area contributed by atoms with E-state index in [0.29, 0.717) is 0 Å². The Morgan fingerprint density at radius 3 is 1.15 bits per heavy atom. The van der Waals surface area contributed by atoms with Crippen LogP contribution < -0.4 is 9.97 Å². The molecule has 0 bridgehead atoms. The van der Waals surface area contributed by atoms with Crippen molar-refractivity contribution >= 4 is 16.3 Å². The smallest absolute Gasteiger partial charge is 0.0860 e. The molecule has 2 rings (SSSR count). The predicted octanol–water partition coefficient (Wildman–Crippen LogP) is 1.88. The fraction of sp³-hybridized carbons (Fsp3) is 0.200. The molecule has 0 aliphatic rings. The molecule has 0 radical (unpaired) electrons. The average molecular weight is 188 g/mol. The molecule has 0 saturated carbocycles. The summed E-state index contributed by atoms with van der Waals surface area (Å²) < 4.78 is 0. The summed E-state index contributed by atoms with van der Waals surface area (Å²) in [5.41, 5.74) is 0. The summed E-state index contributed by atoms with van der Waals surface area (Å²) in [6, 6.07) is 7.56. The van der Waals surface area contributed by atoms with E-state index in [1.807, 2.05) is 24.3 Å². The van der Waals surface area contributed by atoms with Crippen LogP contribution >= 0.6 is 0 Å². The van der Waals surface area contributed by atoms with Crippen molar-refractivity contribution in [3.05, 3.63) is 49.1 Å². The van der Waals surface area contributed by atoms with Gasteiger partial charge in [-0.05, 0) is 0 Å². The van der Waals surface area contributed by atoms with Crippen LogP contribution in [-0.4, -0.2) is 16.3 Å². The van der Waals surface area contributed by atoms with Crippen molar-refractivity contribution < 1.29 is 0 Å². The Bertz CT molecular complexity index is 165. The van der Waals surface area contributed by atoms with E-state index in [4.69, 9.17) is 0 Å². The fourth-order valence-electron chi connectivity index (χ4n) is 0.497. The van der Waals surface area contributed by atoms with Crippen molar-refractivity contribution in [2.45, 2.75) is 12.2 Å². The number of rotatable bonds is 0. The van der Waals surface area contributed by atoms with Crippen LogP contribution in [-0.2, 0) is 0 Å². The van der Waals surface area contributed by atoms with E-state index in [9.17, 15) is 0 Å².